The lowest BCUT2D eigenvalue weighted by atomic mass is 10.0. The van der Waals surface area contributed by atoms with Crippen LogP contribution < -0.4 is 16.0 Å². The molecule has 0 spiro atoms. The van der Waals surface area contributed by atoms with Crippen molar-refractivity contribution in [2.24, 2.45) is 0 Å². The highest BCUT2D eigenvalue weighted by Crippen LogP contribution is 2.27. The van der Waals surface area contributed by atoms with Gasteiger partial charge in [-0.05, 0) is 97.5 Å². The minimum atomic E-state index is -0.445. The SMILES string of the molecule is Cc1ccc(C)c(NC(=O)C(C)Sc2ccc(NC(=O)/C(=C/c3ccc(C(C)C)cc3)NC(=O)c3ccccc3)cc2)c1. The fourth-order valence-electron chi connectivity index (χ4n) is 4.26. The number of hydrogen-bond acceptors (Lipinski definition) is 4. The number of aryl methyl sites for hydroxylation is 2. The van der Waals surface area contributed by atoms with E-state index >= 15 is 0 Å². The molecule has 0 fully saturated rings. The Labute approximate surface area is 258 Å². The smallest absolute Gasteiger partial charge is 0.272 e. The van der Waals surface area contributed by atoms with Crippen molar-refractivity contribution in [3.05, 3.63) is 131 Å². The monoisotopic (exact) mass is 591 g/mol. The summed E-state index contributed by atoms with van der Waals surface area (Å²) in [6.45, 7) is 10.1. The largest absolute Gasteiger partial charge is 0.325 e. The van der Waals surface area contributed by atoms with Gasteiger partial charge in [-0.3, -0.25) is 14.4 Å². The summed E-state index contributed by atoms with van der Waals surface area (Å²) in [5, 5.41) is 8.35. The number of rotatable bonds is 10. The third kappa shape index (κ3) is 8.93. The van der Waals surface area contributed by atoms with Crippen LogP contribution in [0.1, 0.15) is 59.3 Å². The first-order valence-corrected chi connectivity index (χ1v) is 15.1. The molecule has 0 aromatic heterocycles. The number of benzene rings is 4. The van der Waals surface area contributed by atoms with Gasteiger partial charge in [0.15, 0.2) is 0 Å². The van der Waals surface area contributed by atoms with Crippen LogP contribution in [-0.2, 0) is 9.59 Å². The number of hydrogen-bond donors (Lipinski definition) is 3. The number of anilines is 2. The van der Waals surface area contributed by atoms with Gasteiger partial charge in [-0.15, -0.1) is 11.8 Å². The minimum absolute atomic E-state index is 0.0820. The molecule has 43 heavy (non-hydrogen) atoms. The topological polar surface area (TPSA) is 87.3 Å². The van der Waals surface area contributed by atoms with Gasteiger partial charge >= 0.3 is 0 Å². The Hall–Kier alpha value is -4.62. The summed E-state index contributed by atoms with van der Waals surface area (Å²) in [5.74, 6) is -0.518. The maximum absolute atomic E-state index is 13.4. The number of carbonyl (C=O) groups excluding carboxylic acids is 3. The van der Waals surface area contributed by atoms with Crippen molar-refractivity contribution >= 4 is 46.9 Å². The zero-order valence-corrected chi connectivity index (χ0v) is 25.9. The molecular weight excluding hydrogens is 554 g/mol. The second kappa shape index (κ2) is 14.5. The highest BCUT2D eigenvalue weighted by molar-refractivity contribution is 8.00. The van der Waals surface area contributed by atoms with E-state index in [2.05, 4.69) is 29.8 Å². The second-order valence-electron chi connectivity index (χ2n) is 10.7. The maximum atomic E-state index is 13.4. The molecule has 0 radical (unpaired) electrons. The molecule has 0 aliphatic carbocycles. The fraction of sp³-hybridized carbons (Fsp3) is 0.194. The lowest BCUT2D eigenvalue weighted by Crippen LogP contribution is -2.30. The van der Waals surface area contributed by atoms with E-state index in [1.54, 1.807) is 42.5 Å². The van der Waals surface area contributed by atoms with Crippen molar-refractivity contribution in [2.45, 2.75) is 50.7 Å². The first-order valence-electron chi connectivity index (χ1n) is 14.2. The van der Waals surface area contributed by atoms with Crippen LogP contribution in [0.3, 0.4) is 0 Å². The van der Waals surface area contributed by atoms with Crippen molar-refractivity contribution < 1.29 is 14.4 Å². The van der Waals surface area contributed by atoms with Gasteiger partial charge in [-0.1, -0.05) is 68.4 Å². The summed E-state index contributed by atoms with van der Waals surface area (Å²) in [4.78, 5) is 40.0. The fourth-order valence-corrected chi connectivity index (χ4v) is 5.13. The summed E-state index contributed by atoms with van der Waals surface area (Å²) >= 11 is 1.43. The Bertz CT molecular complexity index is 1610. The number of nitrogens with one attached hydrogen (secondary N) is 3. The summed E-state index contributed by atoms with van der Waals surface area (Å²) in [7, 11) is 0. The maximum Gasteiger partial charge on any atom is 0.272 e. The van der Waals surface area contributed by atoms with Crippen molar-refractivity contribution in [1.82, 2.24) is 5.32 Å². The lowest BCUT2D eigenvalue weighted by Gasteiger charge is -2.15. The molecule has 4 aromatic rings. The lowest BCUT2D eigenvalue weighted by molar-refractivity contribution is -0.115. The standard InChI is InChI=1S/C36H37N3O3S/c1-23(2)28-15-13-27(14-16-28)22-33(39-35(41)29-9-7-6-8-10-29)36(42)37-30-17-19-31(20-18-30)43-26(5)34(40)38-32-21-24(3)11-12-25(32)4/h6-23,26H,1-5H3,(H,37,42)(H,38,40)(H,39,41)/b33-22-. The van der Waals surface area contributed by atoms with Crippen molar-refractivity contribution in [3.63, 3.8) is 0 Å². The molecule has 7 heteroatoms. The van der Waals surface area contributed by atoms with Crippen LogP contribution in [0, 0.1) is 13.8 Å². The molecule has 3 amide bonds. The third-order valence-electron chi connectivity index (χ3n) is 6.89. The van der Waals surface area contributed by atoms with Gasteiger partial charge in [0.05, 0.1) is 5.25 Å². The predicted octanol–water partition coefficient (Wildman–Crippen LogP) is 7.96. The van der Waals surface area contributed by atoms with Crippen LogP contribution in [0.15, 0.2) is 108 Å². The normalized spacial score (nSPS) is 12.0. The Morgan fingerprint density at radius 1 is 0.767 bits per heavy atom. The molecule has 3 N–H and O–H groups in total. The molecule has 0 heterocycles. The quantitative estimate of drug-likeness (QED) is 0.129. The first-order chi connectivity index (χ1) is 20.6. The van der Waals surface area contributed by atoms with E-state index in [-0.39, 0.29) is 22.8 Å². The van der Waals surface area contributed by atoms with Crippen molar-refractivity contribution in [3.8, 4) is 0 Å². The van der Waals surface area contributed by atoms with E-state index in [1.165, 1.54) is 17.3 Å². The van der Waals surface area contributed by atoms with Gasteiger partial charge in [0.2, 0.25) is 5.91 Å². The molecule has 0 aliphatic heterocycles. The number of thioether (sulfide) groups is 1. The highest BCUT2D eigenvalue weighted by Gasteiger charge is 2.17. The van der Waals surface area contributed by atoms with Gasteiger partial charge in [0.1, 0.15) is 5.70 Å². The van der Waals surface area contributed by atoms with E-state index in [0.717, 1.165) is 27.3 Å². The Kier molecular flexibility index (Phi) is 10.6. The second-order valence-corrected chi connectivity index (χ2v) is 12.2. The average Bonchev–Trinajstić information content (AvgIpc) is 3.00. The number of amides is 3. The van der Waals surface area contributed by atoms with Gasteiger partial charge < -0.3 is 16.0 Å². The van der Waals surface area contributed by atoms with Crippen LogP contribution in [0.5, 0.6) is 0 Å². The summed E-state index contributed by atoms with van der Waals surface area (Å²) < 4.78 is 0. The van der Waals surface area contributed by atoms with E-state index in [9.17, 15) is 14.4 Å². The summed E-state index contributed by atoms with van der Waals surface area (Å²) in [5.41, 5.74) is 6.04. The summed E-state index contributed by atoms with van der Waals surface area (Å²) in [6.07, 6.45) is 1.67. The van der Waals surface area contributed by atoms with Crippen LogP contribution >= 0.6 is 11.8 Å². The molecule has 4 aromatic carbocycles. The summed E-state index contributed by atoms with van der Waals surface area (Å²) in [6, 6.07) is 29.9. The van der Waals surface area contributed by atoms with Crippen molar-refractivity contribution in [2.75, 3.05) is 10.6 Å². The molecule has 0 saturated carbocycles. The van der Waals surface area contributed by atoms with E-state index in [4.69, 9.17) is 0 Å². The Morgan fingerprint density at radius 2 is 1.44 bits per heavy atom. The molecule has 0 bridgehead atoms. The molecular formula is C36H37N3O3S. The molecule has 0 aliphatic rings. The molecule has 1 unspecified atom stereocenters. The molecule has 6 nitrogen and oxygen atoms in total. The van der Waals surface area contributed by atoms with Crippen LogP contribution in [0.2, 0.25) is 0 Å². The predicted molar refractivity (Wildman–Crippen MR) is 177 cm³/mol. The highest BCUT2D eigenvalue weighted by atomic mass is 32.2. The zero-order valence-electron chi connectivity index (χ0n) is 25.1. The number of carbonyl (C=O) groups is 3. The zero-order chi connectivity index (χ0) is 30.9. The molecule has 4 rings (SSSR count). The first kappa shape index (κ1) is 31.3. The van der Waals surface area contributed by atoms with E-state index < -0.39 is 5.91 Å². The average molecular weight is 592 g/mol. The molecule has 0 saturated heterocycles. The van der Waals surface area contributed by atoms with E-state index in [1.807, 2.05) is 81.4 Å². The third-order valence-corrected chi connectivity index (χ3v) is 8.00. The van der Waals surface area contributed by atoms with Gasteiger partial charge in [0, 0.05) is 21.8 Å². The van der Waals surface area contributed by atoms with Gasteiger partial charge in [0.25, 0.3) is 11.8 Å². The minimum Gasteiger partial charge on any atom is -0.325 e. The molecule has 1 atom stereocenters. The van der Waals surface area contributed by atoms with E-state index in [0.29, 0.717) is 17.2 Å². The Balaban J connectivity index is 1.45. The van der Waals surface area contributed by atoms with Gasteiger partial charge in [-0.2, -0.15) is 0 Å². The van der Waals surface area contributed by atoms with Gasteiger partial charge in [-0.25, -0.2) is 0 Å². The Morgan fingerprint density at radius 3 is 2.09 bits per heavy atom. The van der Waals surface area contributed by atoms with Crippen LogP contribution in [0.4, 0.5) is 11.4 Å². The van der Waals surface area contributed by atoms with Crippen LogP contribution in [-0.4, -0.2) is 23.0 Å². The van der Waals surface area contributed by atoms with Crippen molar-refractivity contribution in [1.29, 1.82) is 0 Å². The van der Waals surface area contributed by atoms with Crippen LogP contribution in [0.25, 0.3) is 6.08 Å². The molecule has 220 valence electrons.